The number of carbonyl (C=O) groups is 1. The molecule has 17 heavy (non-hydrogen) atoms. The highest BCUT2D eigenvalue weighted by atomic mass is 16.4. The topological polar surface area (TPSA) is 56.7 Å². The van der Waals surface area contributed by atoms with Crippen molar-refractivity contribution in [1.29, 1.82) is 0 Å². The summed E-state index contributed by atoms with van der Waals surface area (Å²) in [6, 6.07) is 4.53. The number of hydrogen-bond donors (Lipinski definition) is 1. The summed E-state index contributed by atoms with van der Waals surface area (Å²) in [5, 5.41) is 9.02. The summed E-state index contributed by atoms with van der Waals surface area (Å²) in [7, 11) is 0. The van der Waals surface area contributed by atoms with Gasteiger partial charge in [0.1, 0.15) is 0 Å². The van der Waals surface area contributed by atoms with Crippen molar-refractivity contribution in [2.45, 2.75) is 25.4 Å². The van der Waals surface area contributed by atoms with Gasteiger partial charge in [-0.3, -0.25) is 4.98 Å². The summed E-state index contributed by atoms with van der Waals surface area (Å²) in [5.74, 6) is 0. The molecule has 0 aromatic carbocycles. The molecule has 5 nitrogen and oxygen atoms in total. The van der Waals surface area contributed by atoms with E-state index in [0.29, 0.717) is 12.6 Å². The number of anilines is 1. The number of piperazine rings is 1. The smallest absolute Gasteiger partial charge is 0.407 e. The van der Waals surface area contributed by atoms with E-state index in [2.05, 4.69) is 16.0 Å². The van der Waals surface area contributed by atoms with Gasteiger partial charge in [-0.15, -0.1) is 0 Å². The van der Waals surface area contributed by atoms with E-state index in [1.807, 2.05) is 19.2 Å². The van der Waals surface area contributed by atoms with Crippen LogP contribution in [0.25, 0.3) is 0 Å². The lowest BCUT2D eigenvalue weighted by atomic mass is 10.2. The van der Waals surface area contributed by atoms with Crippen molar-refractivity contribution < 1.29 is 9.90 Å². The summed E-state index contributed by atoms with van der Waals surface area (Å²) >= 11 is 0. The molecule has 3 heterocycles. The van der Waals surface area contributed by atoms with Gasteiger partial charge in [0.05, 0.1) is 17.9 Å². The number of likely N-dealkylation sites (tertiary alicyclic amines) is 1. The minimum atomic E-state index is -0.792. The number of rotatable bonds is 1. The number of aromatic nitrogens is 1. The highest BCUT2D eigenvalue weighted by Gasteiger charge is 2.45. The predicted octanol–water partition coefficient (Wildman–Crippen LogP) is 1.33. The molecule has 3 rings (SSSR count). The molecule has 2 saturated heterocycles. The molecule has 0 unspecified atom stereocenters. The molecule has 2 aliphatic heterocycles. The summed E-state index contributed by atoms with van der Waals surface area (Å²) in [5.41, 5.74) is 2.11. The first-order chi connectivity index (χ1) is 8.15. The van der Waals surface area contributed by atoms with Crippen molar-refractivity contribution in [2.24, 2.45) is 0 Å². The van der Waals surface area contributed by atoms with Crippen molar-refractivity contribution in [2.75, 3.05) is 18.0 Å². The molecule has 1 aromatic rings. The van der Waals surface area contributed by atoms with E-state index in [9.17, 15) is 4.79 Å². The van der Waals surface area contributed by atoms with Crippen molar-refractivity contribution in [3.8, 4) is 0 Å². The van der Waals surface area contributed by atoms with Gasteiger partial charge in [-0.2, -0.15) is 0 Å². The van der Waals surface area contributed by atoms with Crippen LogP contribution in [0, 0.1) is 6.92 Å². The lowest BCUT2D eigenvalue weighted by Crippen LogP contribution is -2.48. The fourth-order valence-electron chi connectivity index (χ4n) is 2.85. The molecule has 2 bridgehead atoms. The van der Waals surface area contributed by atoms with Gasteiger partial charge in [0.15, 0.2) is 0 Å². The summed E-state index contributed by atoms with van der Waals surface area (Å²) in [6.07, 6.45) is 2.03. The Bertz CT molecular complexity index is 446. The molecule has 1 aromatic heterocycles. The standard InChI is InChI=1S/C12H15N3O2/c1-8-2-3-9(5-13-8)14-6-11-4-10(14)7-15(11)12(16)17/h2-3,5,10-11H,4,6-7H2,1H3,(H,16,17)/t10-,11-/m0/s1. The van der Waals surface area contributed by atoms with Crippen LogP contribution in [-0.2, 0) is 0 Å². The number of hydrogen-bond acceptors (Lipinski definition) is 3. The lowest BCUT2D eigenvalue weighted by Gasteiger charge is -2.33. The lowest BCUT2D eigenvalue weighted by molar-refractivity contribution is 0.137. The molecule has 5 heteroatoms. The van der Waals surface area contributed by atoms with E-state index in [4.69, 9.17) is 5.11 Å². The summed E-state index contributed by atoms with van der Waals surface area (Å²) in [6.45, 7) is 3.38. The van der Waals surface area contributed by atoms with Crippen molar-refractivity contribution >= 4 is 11.8 Å². The Morgan fingerprint density at radius 1 is 1.41 bits per heavy atom. The quantitative estimate of drug-likeness (QED) is 0.795. The Balaban J connectivity index is 1.78. The van der Waals surface area contributed by atoms with Crippen molar-refractivity contribution in [3.05, 3.63) is 24.0 Å². The molecule has 1 amide bonds. The zero-order valence-electron chi connectivity index (χ0n) is 9.71. The van der Waals surface area contributed by atoms with Crippen LogP contribution in [0.5, 0.6) is 0 Å². The largest absolute Gasteiger partial charge is 0.465 e. The van der Waals surface area contributed by atoms with Crippen LogP contribution in [0.1, 0.15) is 12.1 Å². The second-order valence-electron chi connectivity index (χ2n) is 4.79. The van der Waals surface area contributed by atoms with Crippen LogP contribution in [-0.4, -0.2) is 46.3 Å². The summed E-state index contributed by atoms with van der Waals surface area (Å²) < 4.78 is 0. The first kappa shape index (κ1) is 10.4. The monoisotopic (exact) mass is 233 g/mol. The zero-order chi connectivity index (χ0) is 12.0. The number of nitrogens with zero attached hydrogens (tertiary/aromatic N) is 3. The fourth-order valence-corrected chi connectivity index (χ4v) is 2.85. The number of fused-ring (bicyclic) bond motifs is 2. The molecule has 2 atom stereocenters. The third kappa shape index (κ3) is 1.62. The van der Waals surface area contributed by atoms with Crippen molar-refractivity contribution in [3.63, 3.8) is 0 Å². The molecule has 0 spiro atoms. The number of aryl methyl sites for hydroxylation is 1. The van der Waals surface area contributed by atoms with Gasteiger partial charge in [0, 0.05) is 24.8 Å². The van der Waals surface area contributed by atoms with Gasteiger partial charge < -0.3 is 14.9 Å². The average molecular weight is 233 g/mol. The molecular formula is C12H15N3O2. The van der Waals surface area contributed by atoms with Crippen LogP contribution in [0.4, 0.5) is 10.5 Å². The average Bonchev–Trinajstić information content (AvgIpc) is 2.89. The normalized spacial score (nSPS) is 26.6. The third-order valence-electron chi connectivity index (χ3n) is 3.71. The van der Waals surface area contributed by atoms with Gasteiger partial charge >= 0.3 is 6.09 Å². The third-order valence-corrected chi connectivity index (χ3v) is 3.71. The van der Waals surface area contributed by atoms with E-state index in [-0.39, 0.29) is 6.04 Å². The van der Waals surface area contributed by atoms with Crippen LogP contribution in [0.3, 0.4) is 0 Å². The number of carboxylic acid groups (broad SMARTS) is 1. The second-order valence-corrected chi connectivity index (χ2v) is 4.79. The molecule has 0 aliphatic carbocycles. The predicted molar refractivity (Wildman–Crippen MR) is 63.2 cm³/mol. The maximum Gasteiger partial charge on any atom is 0.407 e. The Kier molecular flexibility index (Phi) is 2.21. The minimum absolute atomic E-state index is 0.152. The molecule has 1 N–H and O–H groups in total. The first-order valence-corrected chi connectivity index (χ1v) is 5.84. The maximum atomic E-state index is 11.0. The molecule has 0 radical (unpaired) electrons. The Labute approximate surface area is 99.7 Å². The van der Waals surface area contributed by atoms with E-state index in [1.54, 1.807) is 4.90 Å². The fraction of sp³-hybridized carbons (Fsp3) is 0.500. The van der Waals surface area contributed by atoms with Crippen LogP contribution < -0.4 is 4.90 Å². The molecular weight excluding hydrogens is 218 g/mol. The van der Waals surface area contributed by atoms with Crippen LogP contribution in [0.15, 0.2) is 18.3 Å². The number of amides is 1. The van der Waals surface area contributed by atoms with Gasteiger partial charge in [0.2, 0.25) is 0 Å². The minimum Gasteiger partial charge on any atom is -0.465 e. The van der Waals surface area contributed by atoms with E-state index >= 15 is 0 Å². The maximum absolute atomic E-state index is 11.0. The van der Waals surface area contributed by atoms with E-state index < -0.39 is 6.09 Å². The van der Waals surface area contributed by atoms with Crippen molar-refractivity contribution in [1.82, 2.24) is 9.88 Å². The molecule has 2 fully saturated rings. The molecule has 90 valence electrons. The van der Waals surface area contributed by atoms with Crippen LogP contribution in [0.2, 0.25) is 0 Å². The highest BCUT2D eigenvalue weighted by molar-refractivity contribution is 5.67. The highest BCUT2D eigenvalue weighted by Crippen LogP contribution is 2.34. The molecule has 0 saturated carbocycles. The Morgan fingerprint density at radius 3 is 2.76 bits per heavy atom. The van der Waals surface area contributed by atoms with Gasteiger partial charge in [-0.25, -0.2) is 4.79 Å². The Morgan fingerprint density at radius 2 is 2.24 bits per heavy atom. The molecule has 2 aliphatic rings. The van der Waals surface area contributed by atoms with Gasteiger partial charge in [0.25, 0.3) is 0 Å². The Hall–Kier alpha value is -1.78. The van der Waals surface area contributed by atoms with Gasteiger partial charge in [-0.1, -0.05) is 0 Å². The summed E-state index contributed by atoms with van der Waals surface area (Å²) in [4.78, 5) is 19.1. The SMILES string of the molecule is Cc1ccc(N2C[C@@H]3C[C@H]2CN3C(=O)O)cn1. The number of pyridine rings is 1. The first-order valence-electron chi connectivity index (χ1n) is 5.84. The van der Waals surface area contributed by atoms with E-state index in [1.165, 1.54) is 0 Å². The second kappa shape index (κ2) is 3.61. The van der Waals surface area contributed by atoms with Crippen LogP contribution >= 0.6 is 0 Å². The van der Waals surface area contributed by atoms with E-state index in [0.717, 1.165) is 24.3 Å². The zero-order valence-corrected chi connectivity index (χ0v) is 9.71. The van der Waals surface area contributed by atoms with Gasteiger partial charge in [-0.05, 0) is 25.5 Å².